The first-order chi connectivity index (χ1) is 38.3. The molecule has 0 bridgehead atoms. The van der Waals surface area contributed by atoms with Gasteiger partial charge in [0.05, 0.1) is 19.1 Å². The van der Waals surface area contributed by atoms with Crippen LogP contribution in [-0.4, -0.2) is 167 Å². The Balaban J connectivity index is 1.74. The van der Waals surface area contributed by atoms with Gasteiger partial charge in [0, 0.05) is 32.5 Å². The molecule has 0 radical (unpaired) electrons. The van der Waals surface area contributed by atoms with Crippen molar-refractivity contribution in [2.75, 3.05) is 32.7 Å². The fourth-order valence-corrected chi connectivity index (χ4v) is 8.49. The highest BCUT2D eigenvalue weighted by molar-refractivity contribution is 5.98. The number of aliphatic imine (C=N–C) groups is 2. The molecule has 1 saturated heterocycles. The van der Waals surface area contributed by atoms with Crippen LogP contribution >= 0.6 is 0 Å². The third kappa shape index (κ3) is 23.4. The molecule has 9 amide bonds. The number of likely N-dealkylation sites (tertiary alicyclic amines) is 1. The Bertz CT molecular complexity index is 2520. The second-order valence-corrected chi connectivity index (χ2v) is 20.2. The molecule has 0 aliphatic carbocycles. The van der Waals surface area contributed by atoms with E-state index in [1.54, 1.807) is 58.0 Å². The van der Waals surface area contributed by atoms with Crippen LogP contribution in [0.2, 0.25) is 0 Å². The van der Waals surface area contributed by atoms with E-state index >= 15 is 0 Å². The van der Waals surface area contributed by atoms with Crippen LogP contribution in [0.3, 0.4) is 0 Å². The lowest BCUT2D eigenvalue weighted by atomic mass is 9.97. The fraction of sp³-hybridized carbons (Fsp3) is 0.547. The number of nitrogens with two attached hydrogens (primary N) is 5. The summed E-state index contributed by atoms with van der Waals surface area (Å²) in [5.74, 6) is -9.34. The smallest absolute Gasteiger partial charge is 0.326 e. The summed E-state index contributed by atoms with van der Waals surface area (Å²) in [6.45, 7) is 7.55. The second kappa shape index (κ2) is 33.8. The summed E-state index contributed by atoms with van der Waals surface area (Å²) in [6.07, 6.45) is 1.77. The predicted molar refractivity (Wildman–Crippen MR) is 300 cm³/mol. The molecule has 2 aromatic carbocycles. The van der Waals surface area contributed by atoms with E-state index in [2.05, 4.69) is 52.5 Å². The summed E-state index contributed by atoms with van der Waals surface area (Å²) in [6, 6.07) is 4.66. The van der Waals surface area contributed by atoms with Gasteiger partial charge in [0.1, 0.15) is 48.0 Å². The average molecular weight is 1140 g/mol. The zero-order chi connectivity index (χ0) is 60.3. The van der Waals surface area contributed by atoms with Crippen molar-refractivity contribution in [2.45, 2.75) is 141 Å². The van der Waals surface area contributed by atoms with Crippen LogP contribution in [0, 0.1) is 11.8 Å². The number of carbonyl (C=O) groups is 10. The number of carboxylic acids is 1. The fourth-order valence-electron chi connectivity index (χ4n) is 8.49. The van der Waals surface area contributed by atoms with E-state index in [4.69, 9.17) is 28.7 Å². The first kappa shape index (κ1) is 66.7. The quantitative estimate of drug-likeness (QED) is 0.0188. The molecule has 0 aromatic heterocycles. The molecule has 3 rings (SSSR count). The molecule has 81 heavy (non-hydrogen) atoms. The van der Waals surface area contributed by atoms with Crippen LogP contribution in [0.25, 0.3) is 0 Å². The van der Waals surface area contributed by atoms with E-state index in [1.807, 2.05) is 0 Å². The van der Waals surface area contributed by atoms with Gasteiger partial charge in [0.2, 0.25) is 53.2 Å². The van der Waals surface area contributed by atoms with Crippen LogP contribution in [0.4, 0.5) is 0 Å². The van der Waals surface area contributed by atoms with Gasteiger partial charge in [-0.1, -0.05) is 76.6 Å². The zero-order valence-electron chi connectivity index (χ0n) is 46.6. The van der Waals surface area contributed by atoms with Gasteiger partial charge < -0.3 is 86.3 Å². The number of aromatic hydroxyl groups is 1. The van der Waals surface area contributed by atoms with Gasteiger partial charge >= 0.3 is 5.97 Å². The molecular formula is C53H82N16O12. The average Bonchev–Trinajstić information content (AvgIpc) is 3.96. The van der Waals surface area contributed by atoms with Crippen molar-refractivity contribution in [3.8, 4) is 5.75 Å². The number of phenols is 1. The first-order valence-electron chi connectivity index (χ1n) is 26.9. The van der Waals surface area contributed by atoms with Gasteiger partial charge in [-0.15, -0.1) is 0 Å². The number of rotatable bonds is 33. The maximum atomic E-state index is 14.3. The molecule has 0 saturated carbocycles. The van der Waals surface area contributed by atoms with Crippen molar-refractivity contribution >= 4 is 71.1 Å². The minimum Gasteiger partial charge on any atom is -0.508 e. The second-order valence-electron chi connectivity index (χ2n) is 20.2. The van der Waals surface area contributed by atoms with Gasteiger partial charge in [-0.2, -0.15) is 0 Å². The van der Waals surface area contributed by atoms with Gasteiger partial charge in [-0.25, -0.2) is 4.79 Å². The number of benzene rings is 2. The number of nitrogens with one attached hydrogen (secondary N) is 8. The van der Waals surface area contributed by atoms with E-state index in [0.717, 1.165) is 0 Å². The Hall–Kier alpha value is -8.56. The molecule has 20 N–H and O–H groups in total. The molecule has 28 nitrogen and oxygen atoms in total. The monoisotopic (exact) mass is 1130 g/mol. The number of phenolic OH excluding ortho intramolecular Hbond substituents is 1. The SMILES string of the molecule is CC[C@H](C)[C@H](NC(=O)[C@H](Cc1ccc(O)cc1)NC(=O)[C@@H](NC(=O)[C@H](Cc1ccccc1)NC(=O)[C@H](C)NC(=O)[C@H](CCCN=C(N)N)NC(=O)CNC(=O)[C@@H]1CCCN1C(=O)CNC(=O)[C@@H](N)CCCN=C(N)N)C(C)C)C(=O)O. The summed E-state index contributed by atoms with van der Waals surface area (Å²) in [5, 5.41) is 40.4. The topological polar surface area (TPSA) is 465 Å². The zero-order valence-corrected chi connectivity index (χ0v) is 46.6. The van der Waals surface area contributed by atoms with Crippen LogP contribution in [-0.2, 0) is 60.8 Å². The van der Waals surface area contributed by atoms with Crippen molar-refractivity contribution in [1.29, 1.82) is 0 Å². The van der Waals surface area contributed by atoms with Gasteiger partial charge in [0.25, 0.3) is 0 Å². The number of aliphatic carboxylic acids is 1. The summed E-state index contributed by atoms with van der Waals surface area (Å²) in [7, 11) is 0. The highest BCUT2D eigenvalue weighted by atomic mass is 16.4. The van der Waals surface area contributed by atoms with Crippen molar-refractivity contribution in [3.05, 3.63) is 65.7 Å². The predicted octanol–water partition coefficient (Wildman–Crippen LogP) is -3.45. The van der Waals surface area contributed by atoms with E-state index in [-0.39, 0.29) is 75.8 Å². The molecule has 1 fully saturated rings. The largest absolute Gasteiger partial charge is 0.508 e. The van der Waals surface area contributed by atoms with E-state index in [9.17, 15) is 58.2 Å². The van der Waals surface area contributed by atoms with Crippen LogP contribution in [0.15, 0.2) is 64.6 Å². The molecule has 2 aromatic rings. The highest BCUT2D eigenvalue weighted by Gasteiger charge is 2.37. The Morgan fingerprint density at radius 2 is 1.17 bits per heavy atom. The number of amides is 9. The number of hydrogen-bond donors (Lipinski definition) is 15. The highest BCUT2D eigenvalue weighted by Crippen LogP contribution is 2.18. The maximum Gasteiger partial charge on any atom is 0.326 e. The third-order valence-electron chi connectivity index (χ3n) is 13.3. The lowest BCUT2D eigenvalue weighted by Crippen LogP contribution is -2.61. The van der Waals surface area contributed by atoms with Crippen molar-refractivity contribution in [1.82, 2.24) is 47.4 Å². The maximum absolute atomic E-state index is 14.3. The molecule has 0 unspecified atom stereocenters. The summed E-state index contributed by atoms with van der Waals surface area (Å²) in [5.41, 5.74) is 28.6. The lowest BCUT2D eigenvalue weighted by Gasteiger charge is -2.29. The molecule has 1 aliphatic rings. The van der Waals surface area contributed by atoms with E-state index < -0.39 is 132 Å². The number of carboxylic acid groups (broad SMARTS) is 1. The number of guanidine groups is 2. The molecule has 0 spiro atoms. The van der Waals surface area contributed by atoms with Crippen molar-refractivity contribution < 1.29 is 58.2 Å². The standard InChI is InChI=1S/C53H82N16O12/c1-6-30(4)43(51(80)81)68-48(77)38(26-33-18-20-34(70)21-19-33)66-50(79)42(29(2)3)67-47(76)37(25-32-13-8-7-9-14-32)65-44(73)31(5)63-46(75)36(16-11-23-60-53(57)58)64-40(71)27-61-49(78)39-17-12-24-69(39)41(72)28-62-45(74)35(54)15-10-22-59-52(55)56/h7-9,13-14,18-21,29-31,35-39,42-43,70H,6,10-12,15-17,22-28,54H2,1-5H3,(H,61,78)(H,62,74)(H,63,75)(H,64,71)(H,65,73)(H,66,79)(H,67,76)(H,68,77)(H,80,81)(H4,55,56,59)(H4,57,58,60)/t30-,31-,35-,36-,37-,38-,39-,42-,43-/m0/s1. The Kier molecular flexibility index (Phi) is 27.8. The van der Waals surface area contributed by atoms with Gasteiger partial charge in [0.15, 0.2) is 11.9 Å². The molecule has 1 aliphatic heterocycles. The minimum absolute atomic E-state index is 0.0413. The molecule has 9 atom stereocenters. The third-order valence-corrected chi connectivity index (χ3v) is 13.3. The summed E-state index contributed by atoms with van der Waals surface area (Å²) < 4.78 is 0. The Labute approximate surface area is 470 Å². The van der Waals surface area contributed by atoms with Crippen LogP contribution in [0.5, 0.6) is 5.75 Å². The Morgan fingerprint density at radius 3 is 1.73 bits per heavy atom. The van der Waals surface area contributed by atoms with Crippen LogP contribution < -0.4 is 71.2 Å². The minimum atomic E-state index is -1.35. The molecule has 1 heterocycles. The van der Waals surface area contributed by atoms with Gasteiger partial charge in [-0.05, 0) is 80.5 Å². The normalized spacial score (nSPS) is 15.8. The number of nitrogens with zero attached hydrogens (tertiary/aromatic N) is 3. The first-order valence-corrected chi connectivity index (χ1v) is 26.9. The molecule has 446 valence electrons. The van der Waals surface area contributed by atoms with Crippen molar-refractivity contribution in [3.63, 3.8) is 0 Å². The number of hydrogen-bond acceptors (Lipinski definition) is 14. The lowest BCUT2D eigenvalue weighted by molar-refractivity contribution is -0.144. The number of carbonyl (C=O) groups excluding carboxylic acids is 9. The molecular weight excluding hydrogens is 1050 g/mol. The van der Waals surface area contributed by atoms with Crippen molar-refractivity contribution in [2.24, 2.45) is 50.5 Å². The summed E-state index contributed by atoms with van der Waals surface area (Å²) in [4.78, 5) is 144. The summed E-state index contributed by atoms with van der Waals surface area (Å²) >= 11 is 0. The molecule has 28 heteroatoms. The van der Waals surface area contributed by atoms with E-state index in [0.29, 0.717) is 30.4 Å². The van der Waals surface area contributed by atoms with Crippen LogP contribution in [0.1, 0.15) is 90.7 Å². The van der Waals surface area contributed by atoms with Gasteiger partial charge in [-0.3, -0.25) is 53.1 Å². The Morgan fingerprint density at radius 1 is 0.630 bits per heavy atom. The van der Waals surface area contributed by atoms with E-state index in [1.165, 1.54) is 36.1 Å².